The van der Waals surface area contributed by atoms with Gasteiger partial charge in [0.25, 0.3) is 0 Å². The molecule has 0 radical (unpaired) electrons. The maximum atomic E-state index is 11.9. The minimum absolute atomic E-state index is 0.124. The highest BCUT2D eigenvalue weighted by molar-refractivity contribution is 5.97. The van der Waals surface area contributed by atoms with E-state index in [0.29, 0.717) is 6.54 Å². The van der Waals surface area contributed by atoms with Crippen LogP contribution in [0.5, 0.6) is 0 Å². The molecule has 1 aromatic rings. The Balaban J connectivity index is 2.73. The Bertz CT molecular complexity index is 316. The third-order valence-electron chi connectivity index (χ3n) is 2.64. The zero-order chi connectivity index (χ0) is 11.3. The molecule has 1 aromatic carbocycles. The summed E-state index contributed by atoms with van der Waals surface area (Å²) >= 11 is 0. The first-order valence-corrected chi connectivity index (χ1v) is 5.52. The Labute approximate surface area is 91.5 Å². The molecule has 0 aliphatic heterocycles. The number of carbonyl (C=O) groups excluding carboxylic acids is 1. The van der Waals surface area contributed by atoms with Gasteiger partial charge in [-0.15, -0.1) is 0 Å². The van der Waals surface area contributed by atoms with Crippen molar-refractivity contribution in [3.05, 3.63) is 35.4 Å². The molecule has 1 rings (SSSR count). The number of ketones is 1. The van der Waals surface area contributed by atoms with E-state index < -0.39 is 0 Å². The van der Waals surface area contributed by atoms with Gasteiger partial charge in [-0.05, 0) is 12.0 Å². The average Bonchev–Trinajstić information content (AvgIpc) is 2.28. The topological polar surface area (TPSA) is 43.1 Å². The van der Waals surface area contributed by atoms with E-state index in [9.17, 15) is 4.79 Å². The molecule has 1 unspecified atom stereocenters. The summed E-state index contributed by atoms with van der Waals surface area (Å²) < 4.78 is 0. The van der Waals surface area contributed by atoms with E-state index in [-0.39, 0.29) is 11.7 Å². The molecule has 0 spiro atoms. The van der Waals surface area contributed by atoms with Gasteiger partial charge in [-0.3, -0.25) is 4.79 Å². The SMILES string of the molecule is CCCC(C)C(=O)c1ccc(CN)cc1. The first-order valence-electron chi connectivity index (χ1n) is 5.52. The largest absolute Gasteiger partial charge is 0.326 e. The molecular weight excluding hydrogens is 186 g/mol. The zero-order valence-electron chi connectivity index (χ0n) is 9.49. The average molecular weight is 205 g/mol. The summed E-state index contributed by atoms with van der Waals surface area (Å²) in [5, 5.41) is 0. The quantitative estimate of drug-likeness (QED) is 0.751. The van der Waals surface area contributed by atoms with Crippen molar-refractivity contribution in [3.8, 4) is 0 Å². The van der Waals surface area contributed by atoms with Crippen LogP contribution in [0.3, 0.4) is 0 Å². The van der Waals surface area contributed by atoms with E-state index >= 15 is 0 Å². The molecule has 2 nitrogen and oxygen atoms in total. The molecule has 0 fully saturated rings. The van der Waals surface area contributed by atoms with E-state index in [1.165, 1.54) is 0 Å². The van der Waals surface area contributed by atoms with Crippen LogP contribution in [-0.4, -0.2) is 5.78 Å². The van der Waals surface area contributed by atoms with Gasteiger partial charge in [-0.2, -0.15) is 0 Å². The van der Waals surface area contributed by atoms with Crippen molar-refractivity contribution in [1.29, 1.82) is 0 Å². The molecule has 0 bridgehead atoms. The van der Waals surface area contributed by atoms with Crippen LogP contribution in [0.25, 0.3) is 0 Å². The molecule has 0 aromatic heterocycles. The van der Waals surface area contributed by atoms with E-state index in [2.05, 4.69) is 6.92 Å². The van der Waals surface area contributed by atoms with Crippen LogP contribution in [-0.2, 0) is 6.54 Å². The third-order valence-corrected chi connectivity index (χ3v) is 2.64. The van der Waals surface area contributed by atoms with Crippen LogP contribution < -0.4 is 5.73 Å². The highest BCUT2D eigenvalue weighted by Gasteiger charge is 2.13. The molecule has 0 heterocycles. The number of hydrogen-bond donors (Lipinski definition) is 1. The minimum atomic E-state index is 0.124. The van der Waals surface area contributed by atoms with E-state index in [1.807, 2.05) is 31.2 Å². The lowest BCUT2D eigenvalue weighted by Crippen LogP contribution is -2.11. The standard InChI is InChI=1S/C13H19NO/c1-3-4-10(2)13(15)12-7-5-11(9-14)6-8-12/h5-8,10H,3-4,9,14H2,1-2H3. The van der Waals surface area contributed by atoms with Gasteiger partial charge in [0.1, 0.15) is 0 Å². The van der Waals surface area contributed by atoms with E-state index in [1.54, 1.807) is 0 Å². The number of Topliss-reactive ketones (excluding diaryl/α,β-unsaturated/α-hetero) is 1. The predicted octanol–water partition coefficient (Wildman–Crippen LogP) is 2.76. The maximum absolute atomic E-state index is 11.9. The van der Waals surface area contributed by atoms with Crippen molar-refractivity contribution in [2.75, 3.05) is 0 Å². The van der Waals surface area contributed by atoms with Crippen molar-refractivity contribution < 1.29 is 4.79 Å². The van der Waals surface area contributed by atoms with Gasteiger partial charge in [0.05, 0.1) is 0 Å². The van der Waals surface area contributed by atoms with Crippen molar-refractivity contribution in [2.45, 2.75) is 33.2 Å². The first-order chi connectivity index (χ1) is 7.19. The van der Waals surface area contributed by atoms with Crippen LogP contribution in [0.4, 0.5) is 0 Å². The molecule has 0 aliphatic carbocycles. The Morgan fingerprint density at radius 2 is 1.93 bits per heavy atom. The molecular formula is C13H19NO. The molecule has 0 saturated carbocycles. The lowest BCUT2D eigenvalue weighted by molar-refractivity contribution is 0.0923. The highest BCUT2D eigenvalue weighted by Crippen LogP contribution is 2.14. The number of hydrogen-bond acceptors (Lipinski definition) is 2. The molecule has 1 atom stereocenters. The summed E-state index contributed by atoms with van der Waals surface area (Å²) in [6.07, 6.45) is 2.01. The molecule has 0 aliphatic rings. The highest BCUT2D eigenvalue weighted by atomic mass is 16.1. The van der Waals surface area contributed by atoms with Gasteiger partial charge in [0.2, 0.25) is 0 Å². The minimum Gasteiger partial charge on any atom is -0.326 e. The number of rotatable bonds is 5. The summed E-state index contributed by atoms with van der Waals surface area (Å²) in [5.41, 5.74) is 7.36. The predicted molar refractivity (Wildman–Crippen MR) is 62.7 cm³/mol. The van der Waals surface area contributed by atoms with Crippen molar-refractivity contribution >= 4 is 5.78 Å². The molecule has 82 valence electrons. The molecule has 2 N–H and O–H groups in total. The van der Waals surface area contributed by atoms with Gasteiger partial charge < -0.3 is 5.73 Å². The zero-order valence-corrected chi connectivity index (χ0v) is 9.49. The van der Waals surface area contributed by atoms with E-state index in [0.717, 1.165) is 24.0 Å². The number of carbonyl (C=O) groups is 1. The van der Waals surface area contributed by atoms with Gasteiger partial charge in [0.15, 0.2) is 5.78 Å². The second-order valence-corrected chi connectivity index (χ2v) is 3.96. The normalized spacial score (nSPS) is 12.5. The summed E-state index contributed by atoms with van der Waals surface area (Å²) in [5.74, 6) is 0.360. The van der Waals surface area contributed by atoms with Gasteiger partial charge in [-0.25, -0.2) is 0 Å². The first kappa shape index (κ1) is 11.9. The lowest BCUT2D eigenvalue weighted by atomic mass is 9.95. The van der Waals surface area contributed by atoms with Crippen LogP contribution in [0.1, 0.15) is 42.6 Å². The second-order valence-electron chi connectivity index (χ2n) is 3.96. The molecule has 0 saturated heterocycles. The monoisotopic (exact) mass is 205 g/mol. The van der Waals surface area contributed by atoms with Crippen LogP contribution in [0.2, 0.25) is 0 Å². The molecule has 0 amide bonds. The van der Waals surface area contributed by atoms with Crippen molar-refractivity contribution in [3.63, 3.8) is 0 Å². The molecule has 2 heteroatoms. The number of benzene rings is 1. The fourth-order valence-corrected chi connectivity index (χ4v) is 1.65. The second kappa shape index (κ2) is 5.66. The summed E-state index contributed by atoms with van der Waals surface area (Å²) in [4.78, 5) is 11.9. The Morgan fingerprint density at radius 1 is 1.33 bits per heavy atom. The number of nitrogens with two attached hydrogens (primary N) is 1. The smallest absolute Gasteiger partial charge is 0.165 e. The van der Waals surface area contributed by atoms with Gasteiger partial charge in [0, 0.05) is 18.0 Å². The fraction of sp³-hybridized carbons (Fsp3) is 0.462. The summed E-state index contributed by atoms with van der Waals surface area (Å²) in [6.45, 7) is 4.61. The summed E-state index contributed by atoms with van der Waals surface area (Å²) in [6, 6.07) is 7.59. The van der Waals surface area contributed by atoms with Crippen molar-refractivity contribution in [1.82, 2.24) is 0 Å². The Kier molecular flexibility index (Phi) is 4.50. The molecule has 15 heavy (non-hydrogen) atoms. The van der Waals surface area contributed by atoms with Crippen LogP contribution in [0, 0.1) is 5.92 Å². The third kappa shape index (κ3) is 3.17. The lowest BCUT2D eigenvalue weighted by Gasteiger charge is -2.09. The summed E-state index contributed by atoms with van der Waals surface area (Å²) in [7, 11) is 0. The fourth-order valence-electron chi connectivity index (χ4n) is 1.65. The maximum Gasteiger partial charge on any atom is 0.165 e. The van der Waals surface area contributed by atoms with Gasteiger partial charge >= 0.3 is 0 Å². The Morgan fingerprint density at radius 3 is 2.40 bits per heavy atom. The van der Waals surface area contributed by atoms with E-state index in [4.69, 9.17) is 5.73 Å². The Hall–Kier alpha value is -1.15. The van der Waals surface area contributed by atoms with Crippen LogP contribution >= 0.6 is 0 Å². The van der Waals surface area contributed by atoms with Crippen LogP contribution in [0.15, 0.2) is 24.3 Å². The van der Waals surface area contributed by atoms with Gasteiger partial charge in [-0.1, -0.05) is 44.5 Å². The van der Waals surface area contributed by atoms with Crippen molar-refractivity contribution in [2.24, 2.45) is 11.7 Å².